The van der Waals surface area contributed by atoms with E-state index in [2.05, 4.69) is 89.3 Å². The number of piperazine rings is 1. The molecule has 2 heterocycles. The second-order valence-electron chi connectivity index (χ2n) is 7.62. The van der Waals surface area contributed by atoms with Gasteiger partial charge in [-0.15, -0.1) is 0 Å². The van der Waals surface area contributed by atoms with Crippen LogP contribution in [0.1, 0.15) is 16.8 Å². The van der Waals surface area contributed by atoms with Crippen LogP contribution in [0.3, 0.4) is 0 Å². The lowest BCUT2D eigenvalue weighted by molar-refractivity contribution is 0.261. The zero-order chi connectivity index (χ0) is 18.6. The normalized spacial score (nSPS) is 15.3. The average molecular weight is 360 g/mol. The highest BCUT2D eigenvalue weighted by atomic mass is 15.3. The van der Waals surface area contributed by atoms with Gasteiger partial charge < -0.3 is 9.88 Å². The maximum atomic E-state index is 3.56. The third kappa shape index (κ3) is 4.25. The van der Waals surface area contributed by atoms with Gasteiger partial charge in [-0.1, -0.05) is 42.5 Å². The number of hydrogen-bond acceptors (Lipinski definition) is 2. The van der Waals surface area contributed by atoms with Crippen LogP contribution in [-0.4, -0.2) is 42.6 Å². The highest BCUT2D eigenvalue weighted by Gasteiger charge is 2.17. The maximum Gasteiger partial charge on any atom is 0.0458 e. The van der Waals surface area contributed by atoms with Crippen molar-refractivity contribution in [3.05, 3.63) is 77.5 Å². The van der Waals surface area contributed by atoms with E-state index in [9.17, 15) is 0 Å². The fourth-order valence-corrected chi connectivity index (χ4v) is 3.97. The number of nitrogens with one attached hydrogen (secondary N) is 1. The molecule has 0 spiro atoms. The summed E-state index contributed by atoms with van der Waals surface area (Å²) in [6.45, 7) is 10.0. The minimum atomic E-state index is 1.11. The molecule has 0 bridgehead atoms. The van der Waals surface area contributed by atoms with Crippen molar-refractivity contribution in [2.45, 2.75) is 20.3 Å². The van der Waals surface area contributed by atoms with Crippen LogP contribution < -0.4 is 4.90 Å². The van der Waals surface area contributed by atoms with Gasteiger partial charge in [-0.3, -0.25) is 4.90 Å². The molecule has 0 radical (unpaired) electrons. The predicted octanol–water partition coefficient (Wildman–Crippen LogP) is 4.66. The van der Waals surface area contributed by atoms with Crippen molar-refractivity contribution < 1.29 is 0 Å². The Hall–Kier alpha value is -2.52. The molecule has 1 aliphatic heterocycles. The Bertz CT molecular complexity index is 874. The molecule has 140 valence electrons. The summed E-state index contributed by atoms with van der Waals surface area (Å²) in [5, 5.41) is 0. The fourth-order valence-electron chi connectivity index (χ4n) is 3.97. The number of nitrogens with zero attached hydrogens (tertiary/aromatic N) is 2. The van der Waals surface area contributed by atoms with Gasteiger partial charge in [0.15, 0.2) is 0 Å². The number of benzene rings is 2. The van der Waals surface area contributed by atoms with Gasteiger partial charge in [-0.25, -0.2) is 0 Å². The predicted molar refractivity (Wildman–Crippen MR) is 115 cm³/mol. The van der Waals surface area contributed by atoms with Gasteiger partial charge in [0.05, 0.1) is 0 Å². The summed E-state index contributed by atoms with van der Waals surface area (Å²) in [4.78, 5) is 8.67. The van der Waals surface area contributed by atoms with Crippen molar-refractivity contribution in [2.24, 2.45) is 0 Å². The average Bonchev–Trinajstić information content (AvgIpc) is 3.08. The van der Waals surface area contributed by atoms with E-state index in [1.807, 2.05) is 0 Å². The van der Waals surface area contributed by atoms with Crippen molar-refractivity contribution in [3.63, 3.8) is 0 Å². The fraction of sp³-hybridized carbons (Fsp3) is 0.333. The molecule has 27 heavy (non-hydrogen) atoms. The van der Waals surface area contributed by atoms with E-state index in [1.165, 1.54) is 33.8 Å². The molecule has 3 heteroatoms. The van der Waals surface area contributed by atoms with E-state index < -0.39 is 0 Å². The molecule has 1 saturated heterocycles. The van der Waals surface area contributed by atoms with Gasteiger partial charge in [0.25, 0.3) is 0 Å². The summed E-state index contributed by atoms with van der Waals surface area (Å²) in [7, 11) is 0. The Kier molecular flexibility index (Phi) is 5.30. The molecule has 0 aliphatic carbocycles. The van der Waals surface area contributed by atoms with Gasteiger partial charge in [0.1, 0.15) is 0 Å². The zero-order valence-corrected chi connectivity index (χ0v) is 16.4. The quantitative estimate of drug-likeness (QED) is 0.715. The monoisotopic (exact) mass is 359 g/mol. The number of aromatic amines is 1. The molecule has 1 fully saturated rings. The molecule has 1 aliphatic rings. The molecule has 4 rings (SSSR count). The summed E-state index contributed by atoms with van der Waals surface area (Å²) in [5.74, 6) is 0. The van der Waals surface area contributed by atoms with Crippen LogP contribution in [-0.2, 0) is 6.42 Å². The molecule has 0 amide bonds. The van der Waals surface area contributed by atoms with Crippen LogP contribution in [0.25, 0.3) is 11.3 Å². The molecule has 0 unspecified atom stereocenters. The summed E-state index contributed by atoms with van der Waals surface area (Å²) in [6.07, 6.45) is 1.11. The Morgan fingerprint density at radius 2 is 1.63 bits per heavy atom. The molecule has 3 nitrogen and oxygen atoms in total. The number of rotatable bonds is 5. The summed E-state index contributed by atoms with van der Waals surface area (Å²) in [5.41, 5.74) is 7.93. The van der Waals surface area contributed by atoms with Crippen molar-refractivity contribution >= 4 is 5.69 Å². The highest BCUT2D eigenvalue weighted by molar-refractivity contribution is 5.61. The van der Waals surface area contributed by atoms with Crippen LogP contribution in [0, 0.1) is 13.8 Å². The Labute approximate surface area is 162 Å². The number of aromatic nitrogens is 1. The molecule has 2 aromatic carbocycles. The summed E-state index contributed by atoms with van der Waals surface area (Å²) >= 11 is 0. The van der Waals surface area contributed by atoms with Gasteiger partial charge >= 0.3 is 0 Å². The topological polar surface area (TPSA) is 22.3 Å². The third-order valence-corrected chi connectivity index (χ3v) is 5.64. The Balaban J connectivity index is 1.32. The Morgan fingerprint density at radius 3 is 2.37 bits per heavy atom. The van der Waals surface area contributed by atoms with Crippen LogP contribution in [0.5, 0.6) is 0 Å². The van der Waals surface area contributed by atoms with E-state index in [1.54, 1.807) is 0 Å². The number of anilines is 1. The van der Waals surface area contributed by atoms with E-state index in [0.29, 0.717) is 0 Å². The van der Waals surface area contributed by atoms with E-state index in [-0.39, 0.29) is 0 Å². The van der Waals surface area contributed by atoms with E-state index in [0.717, 1.165) is 39.1 Å². The van der Waals surface area contributed by atoms with Gasteiger partial charge in [0, 0.05) is 49.8 Å². The first-order chi connectivity index (χ1) is 13.2. The first-order valence-electron chi connectivity index (χ1n) is 9.97. The van der Waals surface area contributed by atoms with E-state index in [4.69, 9.17) is 0 Å². The standard InChI is InChI=1S/C24H29N3/c1-19-7-6-10-23(17-19)27-15-13-26(14-16-27)12-11-22-18-24(25-20(22)2)21-8-4-3-5-9-21/h3-10,17-18,25H,11-16H2,1-2H3. The smallest absolute Gasteiger partial charge is 0.0458 e. The van der Waals surface area contributed by atoms with Crippen LogP contribution in [0.4, 0.5) is 5.69 Å². The minimum absolute atomic E-state index is 1.11. The largest absolute Gasteiger partial charge is 0.369 e. The Morgan fingerprint density at radius 1 is 0.852 bits per heavy atom. The molecular weight excluding hydrogens is 330 g/mol. The SMILES string of the molecule is Cc1cccc(N2CCN(CCc3cc(-c4ccccc4)[nH]c3C)CC2)c1. The van der Waals surface area contributed by atoms with Gasteiger partial charge in [0.2, 0.25) is 0 Å². The number of aryl methyl sites for hydroxylation is 2. The zero-order valence-electron chi connectivity index (χ0n) is 16.4. The van der Waals surface area contributed by atoms with Crippen LogP contribution in [0.15, 0.2) is 60.7 Å². The van der Waals surface area contributed by atoms with E-state index >= 15 is 0 Å². The van der Waals surface area contributed by atoms with Gasteiger partial charge in [-0.05, 0) is 55.2 Å². The molecule has 0 saturated carbocycles. The third-order valence-electron chi connectivity index (χ3n) is 5.64. The summed E-state index contributed by atoms with van der Waals surface area (Å²) < 4.78 is 0. The van der Waals surface area contributed by atoms with Crippen molar-refractivity contribution in [1.29, 1.82) is 0 Å². The van der Waals surface area contributed by atoms with Crippen LogP contribution in [0.2, 0.25) is 0 Å². The molecule has 3 aromatic rings. The molecule has 1 aromatic heterocycles. The number of hydrogen-bond donors (Lipinski definition) is 1. The lowest BCUT2D eigenvalue weighted by Gasteiger charge is -2.36. The second kappa shape index (κ2) is 8.01. The summed E-state index contributed by atoms with van der Waals surface area (Å²) in [6, 6.07) is 21.8. The minimum Gasteiger partial charge on any atom is -0.369 e. The van der Waals surface area contributed by atoms with Crippen LogP contribution >= 0.6 is 0 Å². The van der Waals surface area contributed by atoms with Crippen molar-refractivity contribution in [3.8, 4) is 11.3 Å². The second-order valence-corrected chi connectivity index (χ2v) is 7.62. The van der Waals surface area contributed by atoms with Crippen molar-refractivity contribution in [1.82, 2.24) is 9.88 Å². The van der Waals surface area contributed by atoms with Crippen molar-refractivity contribution in [2.75, 3.05) is 37.6 Å². The van der Waals surface area contributed by atoms with Gasteiger partial charge in [-0.2, -0.15) is 0 Å². The molecule has 1 N–H and O–H groups in total. The molecule has 0 atom stereocenters. The number of H-pyrrole nitrogens is 1. The molecular formula is C24H29N3. The lowest BCUT2D eigenvalue weighted by Crippen LogP contribution is -2.47. The maximum absolute atomic E-state index is 3.56. The first-order valence-corrected chi connectivity index (χ1v) is 9.97. The first kappa shape index (κ1) is 17.9. The highest BCUT2D eigenvalue weighted by Crippen LogP contribution is 2.22. The lowest BCUT2D eigenvalue weighted by atomic mass is 10.1.